The molecule has 0 aromatic heterocycles. The maximum atomic E-state index is 14.4. The molecular formula is C20H10ClF4. The molecule has 0 N–H and O–H groups in total. The van der Waals surface area contributed by atoms with E-state index in [1.54, 1.807) is 6.07 Å². The summed E-state index contributed by atoms with van der Waals surface area (Å²) in [6, 6.07) is 10.1. The average Bonchev–Trinajstić information content (AvgIpc) is 2.59. The van der Waals surface area contributed by atoms with Crippen molar-refractivity contribution in [2.75, 3.05) is 0 Å². The predicted molar refractivity (Wildman–Crippen MR) is 90.9 cm³/mol. The van der Waals surface area contributed by atoms with Gasteiger partial charge in [-0.3, -0.25) is 0 Å². The van der Waals surface area contributed by atoms with Crippen LogP contribution < -0.4 is 0 Å². The van der Waals surface area contributed by atoms with Crippen LogP contribution in [0.4, 0.5) is 17.6 Å². The van der Waals surface area contributed by atoms with Crippen LogP contribution in [0.25, 0.3) is 28.3 Å². The third kappa shape index (κ3) is 3.30. The highest BCUT2D eigenvalue weighted by Crippen LogP contribution is 2.32. The van der Waals surface area contributed by atoms with Gasteiger partial charge in [-0.05, 0) is 41.0 Å². The van der Waals surface area contributed by atoms with Crippen LogP contribution in [0.2, 0.25) is 5.02 Å². The Morgan fingerprint density at radius 3 is 1.76 bits per heavy atom. The summed E-state index contributed by atoms with van der Waals surface area (Å²) in [6.45, 7) is 5.33. The van der Waals surface area contributed by atoms with E-state index in [0.29, 0.717) is 5.56 Å². The van der Waals surface area contributed by atoms with Gasteiger partial charge in [-0.1, -0.05) is 48.5 Å². The Hall–Kier alpha value is -2.59. The van der Waals surface area contributed by atoms with E-state index >= 15 is 0 Å². The van der Waals surface area contributed by atoms with Gasteiger partial charge in [0.25, 0.3) is 0 Å². The van der Waals surface area contributed by atoms with Crippen LogP contribution >= 0.6 is 11.6 Å². The molecule has 0 aliphatic carbocycles. The van der Waals surface area contributed by atoms with Crippen LogP contribution in [0.5, 0.6) is 0 Å². The topological polar surface area (TPSA) is 0 Å². The second-order valence-corrected chi connectivity index (χ2v) is 5.73. The zero-order valence-electron chi connectivity index (χ0n) is 12.7. The third-order valence-corrected chi connectivity index (χ3v) is 4.12. The summed E-state index contributed by atoms with van der Waals surface area (Å²) >= 11 is 5.43. The molecule has 0 saturated carbocycles. The number of hydrogen-bond acceptors (Lipinski definition) is 0. The molecule has 0 nitrogen and oxygen atoms in total. The number of benzene rings is 3. The van der Waals surface area contributed by atoms with Crippen molar-refractivity contribution < 1.29 is 17.6 Å². The first-order valence-corrected chi connectivity index (χ1v) is 7.58. The molecule has 25 heavy (non-hydrogen) atoms. The van der Waals surface area contributed by atoms with Crippen LogP contribution in [0.1, 0.15) is 5.56 Å². The van der Waals surface area contributed by atoms with E-state index in [4.69, 9.17) is 18.2 Å². The van der Waals surface area contributed by atoms with Crippen LogP contribution in [0, 0.1) is 29.8 Å². The summed E-state index contributed by atoms with van der Waals surface area (Å²) in [7, 11) is 0. The van der Waals surface area contributed by atoms with Gasteiger partial charge in [-0.25, -0.2) is 17.6 Å². The number of hydrogen-bond donors (Lipinski definition) is 0. The highest BCUT2D eigenvalue weighted by Gasteiger charge is 2.14. The first-order chi connectivity index (χ1) is 11.9. The van der Waals surface area contributed by atoms with E-state index in [1.165, 1.54) is 30.3 Å². The van der Waals surface area contributed by atoms with E-state index in [-0.39, 0.29) is 22.3 Å². The van der Waals surface area contributed by atoms with Crippen LogP contribution in [-0.4, -0.2) is 0 Å². The molecule has 0 amide bonds. The number of rotatable bonds is 3. The lowest BCUT2D eigenvalue weighted by atomic mass is 9.98. The largest absolute Gasteiger partial charge is 0.206 e. The molecule has 0 heterocycles. The second-order valence-electron chi connectivity index (χ2n) is 5.35. The first kappa shape index (κ1) is 17.2. The minimum atomic E-state index is -0.986. The maximum absolute atomic E-state index is 14.4. The molecule has 5 heteroatoms. The molecule has 0 saturated heterocycles. The first-order valence-electron chi connectivity index (χ1n) is 7.20. The van der Waals surface area contributed by atoms with Crippen LogP contribution in [0.15, 0.2) is 48.5 Å². The summed E-state index contributed by atoms with van der Waals surface area (Å²) in [6.07, 6.45) is 1.25. The van der Waals surface area contributed by atoms with Gasteiger partial charge in [0.2, 0.25) is 0 Å². The van der Waals surface area contributed by atoms with E-state index < -0.39 is 28.3 Å². The van der Waals surface area contributed by atoms with E-state index in [9.17, 15) is 17.6 Å². The van der Waals surface area contributed by atoms with Gasteiger partial charge >= 0.3 is 0 Å². The van der Waals surface area contributed by atoms with Gasteiger partial charge in [0, 0.05) is 11.1 Å². The molecule has 3 rings (SSSR count). The monoisotopic (exact) mass is 361 g/mol. The highest BCUT2D eigenvalue weighted by molar-refractivity contribution is 6.31. The predicted octanol–water partition coefficient (Wildman–Crippen LogP) is 6.68. The fourth-order valence-electron chi connectivity index (χ4n) is 2.50. The minimum absolute atomic E-state index is 0.00278. The van der Waals surface area contributed by atoms with Gasteiger partial charge in [0.05, 0.1) is 0 Å². The van der Waals surface area contributed by atoms with Crippen molar-refractivity contribution in [3.8, 4) is 22.3 Å². The molecular weight excluding hydrogens is 352 g/mol. The van der Waals surface area contributed by atoms with E-state index in [0.717, 1.165) is 18.2 Å². The molecule has 0 fully saturated rings. The number of halogens is 5. The van der Waals surface area contributed by atoms with Crippen molar-refractivity contribution in [2.45, 2.75) is 0 Å². The Kier molecular flexibility index (Phi) is 4.64. The van der Waals surface area contributed by atoms with Gasteiger partial charge in [-0.2, -0.15) is 0 Å². The molecule has 0 unspecified atom stereocenters. The summed E-state index contributed by atoms with van der Waals surface area (Å²) in [5.74, 6) is -3.28. The summed E-state index contributed by atoms with van der Waals surface area (Å²) < 4.78 is 55.7. The van der Waals surface area contributed by atoms with E-state index in [2.05, 4.69) is 0 Å². The standard InChI is InChI=1S/C20H10ClF4/c1-2-11-3-5-14(16(22)7-11)12-4-6-15(17(23)8-12)13-9-18(24)20(21)19(25)10-13/h1-10H. The summed E-state index contributed by atoms with van der Waals surface area (Å²) in [5.41, 5.74) is 0.940. The van der Waals surface area contributed by atoms with E-state index in [1.807, 2.05) is 0 Å². The molecule has 3 aromatic carbocycles. The second kappa shape index (κ2) is 6.73. The zero-order valence-corrected chi connectivity index (χ0v) is 13.4. The van der Waals surface area contributed by atoms with Crippen molar-refractivity contribution in [1.82, 2.24) is 0 Å². The quantitative estimate of drug-likeness (QED) is 0.360. The van der Waals surface area contributed by atoms with Crippen molar-refractivity contribution in [3.05, 3.63) is 89.0 Å². The normalized spacial score (nSPS) is 10.8. The SMILES string of the molecule is [CH]=Cc1ccc(-c2ccc(-c3cc(F)c(Cl)c(F)c3)c(F)c2)c(F)c1. The molecule has 0 aliphatic heterocycles. The Balaban J connectivity index is 2.06. The molecule has 0 aliphatic rings. The summed E-state index contributed by atoms with van der Waals surface area (Å²) in [4.78, 5) is 0. The highest BCUT2D eigenvalue weighted by atomic mass is 35.5. The Labute approximate surface area is 147 Å². The van der Waals surface area contributed by atoms with Gasteiger partial charge < -0.3 is 0 Å². The molecule has 0 bridgehead atoms. The molecule has 1 radical (unpaired) electrons. The van der Waals surface area contributed by atoms with Crippen molar-refractivity contribution >= 4 is 17.7 Å². The van der Waals surface area contributed by atoms with Crippen LogP contribution in [0.3, 0.4) is 0 Å². The van der Waals surface area contributed by atoms with Crippen molar-refractivity contribution in [3.63, 3.8) is 0 Å². The fourth-order valence-corrected chi connectivity index (χ4v) is 2.61. The molecule has 0 atom stereocenters. The third-order valence-electron chi connectivity index (χ3n) is 3.76. The fraction of sp³-hybridized carbons (Fsp3) is 0. The molecule has 0 spiro atoms. The van der Waals surface area contributed by atoms with Crippen molar-refractivity contribution in [2.24, 2.45) is 0 Å². The van der Waals surface area contributed by atoms with Crippen LogP contribution in [-0.2, 0) is 0 Å². The maximum Gasteiger partial charge on any atom is 0.145 e. The average molecular weight is 362 g/mol. The lowest BCUT2D eigenvalue weighted by Gasteiger charge is -2.09. The lowest BCUT2D eigenvalue weighted by molar-refractivity contribution is 0.584. The Morgan fingerprint density at radius 2 is 1.20 bits per heavy atom. The molecule has 3 aromatic rings. The molecule has 125 valence electrons. The minimum Gasteiger partial charge on any atom is -0.206 e. The Bertz CT molecular complexity index is 956. The Morgan fingerprint density at radius 1 is 0.680 bits per heavy atom. The lowest BCUT2D eigenvalue weighted by Crippen LogP contribution is -1.92. The van der Waals surface area contributed by atoms with Gasteiger partial charge in [-0.15, -0.1) is 0 Å². The van der Waals surface area contributed by atoms with Gasteiger partial charge in [0.1, 0.15) is 28.3 Å². The zero-order chi connectivity index (χ0) is 18.1. The van der Waals surface area contributed by atoms with Crippen molar-refractivity contribution in [1.29, 1.82) is 0 Å². The summed E-state index contributed by atoms with van der Waals surface area (Å²) in [5, 5.41) is -0.653. The smallest absolute Gasteiger partial charge is 0.145 e. The van der Waals surface area contributed by atoms with Gasteiger partial charge in [0.15, 0.2) is 0 Å².